The van der Waals surface area contributed by atoms with Crippen LogP contribution in [0.2, 0.25) is 0 Å². The van der Waals surface area contributed by atoms with Crippen molar-refractivity contribution in [3.63, 3.8) is 0 Å². The molecule has 0 amide bonds. The van der Waals surface area contributed by atoms with Crippen LogP contribution in [0.1, 0.15) is 30.1 Å². The average molecular weight is 271 g/mol. The molecule has 2 rings (SSSR count). The van der Waals surface area contributed by atoms with Crippen LogP contribution in [0.3, 0.4) is 0 Å². The lowest BCUT2D eigenvalue weighted by atomic mass is 10.1. The standard InChI is InChI=1S/C12H15F2N3O2/c1-2-19-10(18)9-7-15-11(16-8-9)17-5-3-12(13,14)4-6-17/h7-8H,2-6H2,1H3. The first-order valence-electron chi connectivity index (χ1n) is 6.14. The lowest BCUT2D eigenvalue weighted by molar-refractivity contribution is -0.0222. The molecule has 1 aromatic heterocycles. The summed E-state index contributed by atoms with van der Waals surface area (Å²) < 4.78 is 30.8. The van der Waals surface area contributed by atoms with Crippen LogP contribution in [0.4, 0.5) is 14.7 Å². The fourth-order valence-electron chi connectivity index (χ4n) is 1.84. The minimum atomic E-state index is -2.60. The summed E-state index contributed by atoms with van der Waals surface area (Å²) in [5.74, 6) is -2.72. The largest absolute Gasteiger partial charge is 0.462 e. The smallest absolute Gasteiger partial charge is 0.341 e. The van der Waals surface area contributed by atoms with Gasteiger partial charge in [-0.05, 0) is 6.92 Å². The highest BCUT2D eigenvalue weighted by molar-refractivity contribution is 5.88. The lowest BCUT2D eigenvalue weighted by Gasteiger charge is -2.31. The van der Waals surface area contributed by atoms with Gasteiger partial charge in [0.05, 0.1) is 12.2 Å². The number of hydrogen-bond donors (Lipinski definition) is 0. The summed E-state index contributed by atoms with van der Waals surface area (Å²) in [6.45, 7) is 2.42. The number of carbonyl (C=O) groups excluding carboxylic acids is 1. The van der Waals surface area contributed by atoms with Crippen molar-refractivity contribution in [2.24, 2.45) is 0 Å². The van der Waals surface area contributed by atoms with Crippen molar-refractivity contribution >= 4 is 11.9 Å². The quantitative estimate of drug-likeness (QED) is 0.786. The highest BCUT2D eigenvalue weighted by Gasteiger charge is 2.34. The Labute approximate surface area is 109 Å². The maximum Gasteiger partial charge on any atom is 0.341 e. The molecule has 5 nitrogen and oxygen atoms in total. The van der Waals surface area contributed by atoms with Crippen molar-refractivity contribution in [2.45, 2.75) is 25.7 Å². The van der Waals surface area contributed by atoms with Crippen LogP contribution in [-0.2, 0) is 4.74 Å². The molecule has 0 radical (unpaired) electrons. The maximum absolute atomic E-state index is 13.0. The third-order valence-electron chi connectivity index (χ3n) is 2.93. The second-order valence-corrected chi connectivity index (χ2v) is 4.34. The molecule has 1 fully saturated rings. The number of alkyl halides is 2. The number of nitrogens with zero attached hydrogens (tertiary/aromatic N) is 3. The molecule has 1 saturated heterocycles. The van der Waals surface area contributed by atoms with Crippen molar-refractivity contribution < 1.29 is 18.3 Å². The number of esters is 1. The second-order valence-electron chi connectivity index (χ2n) is 4.34. The SMILES string of the molecule is CCOC(=O)c1cnc(N2CCC(F)(F)CC2)nc1. The first kappa shape index (κ1) is 13.6. The Morgan fingerprint density at radius 1 is 1.37 bits per heavy atom. The number of aromatic nitrogens is 2. The second kappa shape index (κ2) is 5.46. The van der Waals surface area contributed by atoms with E-state index in [-0.39, 0.29) is 38.1 Å². The molecule has 104 valence electrons. The number of hydrogen-bond acceptors (Lipinski definition) is 5. The summed E-state index contributed by atoms with van der Waals surface area (Å²) in [6.07, 6.45) is 2.31. The minimum Gasteiger partial charge on any atom is -0.462 e. The van der Waals surface area contributed by atoms with Gasteiger partial charge in [-0.25, -0.2) is 23.5 Å². The fourth-order valence-corrected chi connectivity index (χ4v) is 1.84. The molecular weight excluding hydrogens is 256 g/mol. The molecular formula is C12H15F2N3O2. The predicted molar refractivity (Wildman–Crippen MR) is 64.4 cm³/mol. The van der Waals surface area contributed by atoms with Crippen molar-refractivity contribution in [3.05, 3.63) is 18.0 Å². The minimum absolute atomic E-state index is 0.198. The molecule has 2 heterocycles. The van der Waals surface area contributed by atoms with Gasteiger partial charge in [0.15, 0.2) is 0 Å². The van der Waals surface area contributed by atoms with E-state index >= 15 is 0 Å². The zero-order valence-corrected chi connectivity index (χ0v) is 10.6. The Kier molecular flexibility index (Phi) is 3.92. The number of ether oxygens (including phenoxy) is 1. The molecule has 0 unspecified atom stereocenters. The fraction of sp³-hybridized carbons (Fsp3) is 0.583. The topological polar surface area (TPSA) is 55.3 Å². The molecule has 0 atom stereocenters. The summed E-state index contributed by atoms with van der Waals surface area (Å²) in [7, 11) is 0. The molecule has 0 N–H and O–H groups in total. The van der Waals surface area contributed by atoms with E-state index in [1.54, 1.807) is 11.8 Å². The van der Waals surface area contributed by atoms with Crippen molar-refractivity contribution in [1.29, 1.82) is 0 Å². The van der Waals surface area contributed by atoms with E-state index in [2.05, 4.69) is 9.97 Å². The average Bonchev–Trinajstić information content (AvgIpc) is 2.39. The normalized spacial score (nSPS) is 18.2. The van der Waals surface area contributed by atoms with Crippen LogP contribution in [-0.4, -0.2) is 41.6 Å². The Hall–Kier alpha value is -1.79. The Bertz CT molecular complexity index is 441. The zero-order chi connectivity index (χ0) is 13.9. The number of rotatable bonds is 3. The van der Waals surface area contributed by atoms with E-state index < -0.39 is 11.9 Å². The van der Waals surface area contributed by atoms with Gasteiger partial charge in [-0.1, -0.05) is 0 Å². The molecule has 0 spiro atoms. The first-order chi connectivity index (χ1) is 9.02. The first-order valence-corrected chi connectivity index (χ1v) is 6.14. The summed E-state index contributed by atoms with van der Waals surface area (Å²) in [4.78, 5) is 21.1. The zero-order valence-electron chi connectivity index (χ0n) is 10.6. The van der Waals surface area contributed by atoms with Gasteiger partial charge < -0.3 is 9.64 Å². The number of carbonyl (C=O) groups is 1. The van der Waals surface area contributed by atoms with Gasteiger partial charge in [0, 0.05) is 38.3 Å². The summed E-state index contributed by atoms with van der Waals surface area (Å²) >= 11 is 0. The number of anilines is 1. The maximum atomic E-state index is 13.0. The van der Waals surface area contributed by atoms with Crippen molar-refractivity contribution in [2.75, 3.05) is 24.6 Å². The lowest BCUT2D eigenvalue weighted by Crippen LogP contribution is -2.40. The molecule has 1 aliphatic heterocycles. The summed E-state index contributed by atoms with van der Waals surface area (Å²) in [5, 5.41) is 0. The third kappa shape index (κ3) is 3.36. The predicted octanol–water partition coefficient (Wildman–Crippen LogP) is 1.89. The van der Waals surface area contributed by atoms with E-state index in [4.69, 9.17) is 4.74 Å². The summed E-state index contributed by atoms with van der Waals surface area (Å²) in [5.41, 5.74) is 0.257. The van der Waals surface area contributed by atoms with Crippen LogP contribution in [0, 0.1) is 0 Å². The monoisotopic (exact) mass is 271 g/mol. The van der Waals surface area contributed by atoms with Crippen molar-refractivity contribution in [3.8, 4) is 0 Å². The van der Waals surface area contributed by atoms with Crippen LogP contribution in [0.25, 0.3) is 0 Å². The van der Waals surface area contributed by atoms with Gasteiger partial charge in [-0.2, -0.15) is 0 Å². The molecule has 0 saturated carbocycles. The van der Waals surface area contributed by atoms with E-state index in [1.165, 1.54) is 12.4 Å². The van der Waals surface area contributed by atoms with Gasteiger partial charge in [0.2, 0.25) is 5.95 Å². The van der Waals surface area contributed by atoms with Crippen molar-refractivity contribution in [1.82, 2.24) is 9.97 Å². The highest BCUT2D eigenvalue weighted by atomic mass is 19.3. The summed E-state index contributed by atoms with van der Waals surface area (Å²) in [6, 6.07) is 0. The number of piperidine rings is 1. The molecule has 1 aliphatic rings. The molecule has 0 aromatic carbocycles. The highest BCUT2D eigenvalue weighted by Crippen LogP contribution is 2.28. The van der Waals surface area contributed by atoms with E-state index in [9.17, 15) is 13.6 Å². The van der Waals surface area contributed by atoms with Gasteiger partial charge in [0.1, 0.15) is 0 Å². The molecule has 0 aliphatic carbocycles. The Balaban J connectivity index is 2.01. The third-order valence-corrected chi connectivity index (χ3v) is 2.93. The van der Waals surface area contributed by atoms with Gasteiger partial charge >= 0.3 is 5.97 Å². The number of halogens is 2. The van der Waals surface area contributed by atoms with Gasteiger partial charge in [0.25, 0.3) is 5.92 Å². The molecule has 7 heteroatoms. The van der Waals surface area contributed by atoms with Gasteiger partial charge in [-0.3, -0.25) is 0 Å². The van der Waals surface area contributed by atoms with Crippen LogP contribution >= 0.6 is 0 Å². The van der Waals surface area contributed by atoms with E-state index in [0.29, 0.717) is 5.95 Å². The molecule has 19 heavy (non-hydrogen) atoms. The van der Waals surface area contributed by atoms with Crippen LogP contribution in [0.5, 0.6) is 0 Å². The Morgan fingerprint density at radius 3 is 2.47 bits per heavy atom. The van der Waals surface area contributed by atoms with Crippen LogP contribution < -0.4 is 4.90 Å². The molecule has 1 aromatic rings. The van der Waals surface area contributed by atoms with E-state index in [1.807, 2.05) is 0 Å². The molecule has 0 bridgehead atoms. The van der Waals surface area contributed by atoms with Crippen LogP contribution in [0.15, 0.2) is 12.4 Å². The van der Waals surface area contributed by atoms with E-state index in [0.717, 1.165) is 0 Å². The van der Waals surface area contributed by atoms with Gasteiger partial charge in [-0.15, -0.1) is 0 Å². The Morgan fingerprint density at radius 2 is 1.95 bits per heavy atom.